The number of thiophene rings is 1. The SMILES string of the molecule is Cc1csc(C2CN(C(=O)NCc3cscc3C)CCO2)n1. The first-order valence-electron chi connectivity index (χ1n) is 7.21. The number of carbonyl (C=O) groups excluding carboxylic acids is 1. The fraction of sp³-hybridized carbons (Fsp3) is 0.467. The molecule has 1 aliphatic heterocycles. The van der Waals surface area contributed by atoms with Gasteiger partial charge in [0.05, 0.1) is 13.2 Å². The molecule has 22 heavy (non-hydrogen) atoms. The van der Waals surface area contributed by atoms with Gasteiger partial charge in [0.1, 0.15) is 11.1 Å². The highest BCUT2D eigenvalue weighted by Crippen LogP contribution is 2.25. The molecule has 1 aliphatic rings. The molecule has 3 rings (SSSR count). The van der Waals surface area contributed by atoms with Crippen LogP contribution in [-0.2, 0) is 11.3 Å². The van der Waals surface area contributed by atoms with Crippen molar-refractivity contribution in [1.29, 1.82) is 0 Å². The molecule has 1 atom stereocenters. The molecule has 2 aromatic heterocycles. The minimum atomic E-state index is -0.110. The second-order valence-electron chi connectivity index (χ2n) is 5.37. The molecule has 1 saturated heterocycles. The molecule has 1 fully saturated rings. The summed E-state index contributed by atoms with van der Waals surface area (Å²) in [5, 5.41) is 10.1. The van der Waals surface area contributed by atoms with Crippen molar-refractivity contribution >= 4 is 28.7 Å². The van der Waals surface area contributed by atoms with Crippen molar-refractivity contribution in [2.45, 2.75) is 26.5 Å². The Morgan fingerprint density at radius 2 is 2.32 bits per heavy atom. The number of carbonyl (C=O) groups is 1. The van der Waals surface area contributed by atoms with E-state index in [9.17, 15) is 4.79 Å². The topological polar surface area (TPSA) is 54.5 Å². The predicted molar refractivity (Wildman–Crippen MR) is 88.4 cm³/mol. The van der Waals surface area contributed by atoms with Crippen LogP contribution in [0.2, 0.25) is 0 Å². The summed E-state index contributed by atoms with van der Waals surface area (Å²) in [6, 6.07) is -0.0350. The zero-order chi connectivity index (χ0) is 15.5. The number of aromatic nitrogens is 1. The lowest BCUT2D eigenvalue weighted by atomic mass is 10.2. The smallest absolute Gasteiger partial charge is 0.317 e. The van der Waals surface area contributed by atoms with E-state index < -0.39 is 0 Å². The van der Waals surface area contributed by atoms with Gasteiger partial charge in [-0.3, -0.25) is 0 Å². The molecular formula is C15H19N3O2S2. The number of ether oxygens (including phenoxy) is 1. The van der Waals surface area contributed by atoms with Gasteiger partial charge in [-0.1, -0.05) is 0 Å². The van der Waals surface area contributed by atoms with Gasteiger partial charge in [0.2, 0.25) is 0 Å². The number of amides is 2. The zero-order valence-corrected chi connectivity index (χ0v) is 14.3. The standard InChI is InChI=1S/C15H19N3O2S2/c1-10-7-21-9-12(10)5-16-15(19)18-3-4-20-13(6-18)14-17-11(2)8-22-14/h7-9,13H,3-6H2,1-2H3,(H,16,19). The second-order valence-corrected chi connectivity index (χ2v) is 7.00. The average molecular weight is 337 g/mol. The number of nitrogens with one attached hydrogen (secondary N) is 1. The molecule has 118 valence electrons. The molecule has 2 aromatic rings. The van der Waals surface area contributed by atoms with E-state index in [-0.39, 0.29) is 12.1 Å². The Balaban J connectivity index is 1.57. The van der Waals surface area contributed by atoms with Crippen LogP contribution in [0.3, 0.4) is 0 Å². The number of hydrogen-bond acceptors (Lipinski definition) is 5. The van der Waals surface area contributed by atoms with E-state index in [1.165, 1.54) is 11.1 Å². The van der Waals surface area contributed by atoms with Gasteiger partial charge in [0, 0.05) is 24.2 Å². The van der Waals surface area contributed by atoms with Gasteiger partial charge in [-0.25, -0.2) is 9.78 Å². The first kappa shape index (κ1) is 15.5. The zero-order valence-electron chi connectivity index (χ0n) is 12.7. The fourth-order valence-electron chi connectivity index (χ4n) is 2.35. The molecule has 5 nitrogen and oxygen atoms in total. The molecule has 0 aromatic carbocycles. The predicted octanol–water partition coefficient (Wildman–Crippen LogP) is 3.10. The van der Waals surface area contributed by atoms with Crippen molar-refractivity contribution in [1.82, 2.24) is 15.2 Å². The lowest BCUT2D eigenvalue weighted by Crippen LogP contribution is -2.46. The Hall–Kier alpha value is -1.44. The van der Waals surface area contributed by atoms with E-state index in [1.807, 2.05) is 17.2 Å². The molecule has 0 bridgehead atoms. The summed E-state index contributed by atoms with van der Waals surface area (Å²) in [5.74, 6) is 0. The van der Waals surface area contributed by atoms with Crippen LogP contribution in [0.1, 0.15) is 27.9 Å². The summed E-state index contributed by atoms with van der Waals surface area (Å²) in [7, 11) is 0. The van der Waals surface area contributed by atoms with Gasteiger partial charge in [-0.05, 0) is 35.7 Å². The van der Waals surface area contributed by atoms with Crippen molar-refractivity contribution in [2.75, 3.05) is 19.7 Å². The van der Waals surface area contributed by atoms with Crippen molar-refractivity contribution < 1.29 is 9.53 Å². The van der Waals surface area contributed by atoms with Crippen LogP contribution in [0, 0.1) is 13.8 Å². The Morgan fingerprint density at radius 3 is 3.00 bits per heavy atom. The average Bonchev–Trinajstić information content (AvgIpc) is 3.13. The number of thiazole rings is 1. The molecule has 0 radical (unpaired) electrons. The number of rotatable bonds is 3. The van der Waals surface area contributed by atoms with E-state index in [0.717, 1.165) is 10.7 Å². The monoisotopic (exact) mass is 337 g/mol. The Morgan fingerprint density at radius 1 is 1.45 bits per heavy atom. The van der Waals surface area contributed by atoms with Gasteiger partial charge in [0.25, 0.3) is 0 Å². The number of hydrogen-bond donors (Lipinski definition) is 1. The number of nitrogens with zero attached hydrogens (tertiary/aromatic N) is 2. The quantitative estimate of drug-likeness (QED) is 0.936. The molecular weight excluding hydrogens is 318 g/mol. The molecule has 0 spiro atoms. The molecule has 1 unspecified atom stereocenters. The van der Waals surface area contributed by atoms with Gasteiger partial charge in [-0.15, -0.1) is 11.3 Å². The summed E-state index contributed by atoms with van der Waals surface area (Å²) in [6.45, 7) is 6.33. The van der Waals surface area contributed by atoms with E-state index in [0.29, 0.717) is 26.2 Å². The van der Waals surface area contributed by atoms with E-state index in [2.05, 4.69) is 28.0 Å². The third-order valence-electron chi connectivity index (χ3n) is 3.66. The minimum absolute atomic E-state index is 0.0350. The minimum Gasteiger partial charge on any atom is -0.367 e. The maximum atomic E-state index is 12.3. The lowest BCUT2D eigenvalue weighted by molar-refractivity contribution is -0.0156. The maximum absolute atomic E-state index is 12.3. The third kappa shape index (κ3) is 3.48. The van der Waals surface area contributed by atoms with Crippen LogP contribution < -0.4 is 5.32 Å². The summed E-state index contributed by atoms with van der Waals surface area (Å²) in [6.07, 6.45) is -0.110. The van der Waals surface area contributed by atoms with Crippen molar-refractivity contribution in [3.05, 3.63) is 38.0 Å². The largest absolute Gasteiger partial charge is 0.367 e. The van der Waals surface area contributed by atoms with Crippen LogP contribution in [0.15, 0.2) is 16.1 Å². The Bertz CT molecular complexity index is 653. The van der Waals surface area contributed by atoms with Crippen LogP contribution >= 0.6 is 22.7 Å². The summed E-state index contributed by atoms with van der Waals surface area (Å²) in [4.78, 5) is 18.6. The van der Waals surface area contributed by atoms with Gasteiger partial charge < -0.3 is 15.0 Å². The van der Waals surface area contributed by atoms with Crippen LogP contribution in [0.5, 0.6) is 0 Å². The van der Waals surface area contributed by atoms with Crippen molar-refractivity contribution in [3.8, 4) is 0 Å². The number of aryl methyl sites for hydroxylation is 2. The van der Waals surface area contributed by atoms with Crippen LogP contribution in [-0.4, -0.2) is 35.6 Å². The van der Waals surface area contributed by atoms with Gasteiger partial charge in [0.15, 0.2) is 0 Å². The second kappa shape index (κ2) is 6.76. The molecule has 7 heteroatoms. The first-order valence-corrected chi connectivity index (χ1v) is 9.04. The van der Waals surface area contributed by atoms with Gasteiger partial charge in [-0.2, -0.15) is 11.3 Å². The van der Waals surface area contributed by atoms with E-state index in [1.54, 1.807) is 22.7 Å². The molecule has 0 saturated carbocycles. The summed E-state index contributed by atoms with van der Waals surface area (Å²) >= 11 is 3.25. The van der Waals surface area contributed by atoms with Gasteiger partial charge >= 0.3 is 6.03 Å². The molecule has 2 amide bonds. The maximum Gasteiger partial charge on any atom is 0.317 e. The Kier molecular flexibility index (Phi) is 4.75. The van der Waals surface area contributed by atoms with Crippen LogP contribution in [0.4, 0.5) is 4.79 Å². The molecule has 3 heterocycles. The highest BCUT2D eigenvalue weighted by Gasteiger charge is 2.27. The van der Waals surface area contributed by atoms with Crippen molar-refractivity contribution in [3.63, 3.8) is 0 Å². The fourth-order valence-corrected chi connectivity index (χ4v) is 4.05. The number of urea groups is 1. The first-order chi connectivity index (χ1) is 10.6. The summed E-state index contributed by atoms with van der Waals surface area (Å²) < 4.78 is 5.76. The van der Waals surface area contributed by atoms with E-state index in [4.69, 9.17) is 4.74 Å². The highest BCUT2D eigenvalue weighted by molar-refractivity contribution is 7.09. The molecule has 1 N–H and O–H groups in total. The lowest BCUT2D eigenvalue weighted by Gasteiger charge is -2.32. The Labute approximate surface area is 137 Å². The number of morpholine rings is 1. The third-order valence-corrected chi connectivity index (χ3v) is 5.62. The normalized spacial score (nSPS) is 18.5. The summed E-state index contributed by atoms with van der Waals surface area (Å²) in [5.41, 5.74) is 3.40. The molecule has 0 aliphatic carbocycles. The van der Waals surface area contributed by atoms with E-state index >= 15 is 0 Å². The van der Waals surface area contributed by atoms with Crippen molar-refractivity contribution in [2.24, 2.45) is 0 Å². The van der Waals surface area contributed by atoms with Crippen LogP contribution in [0.25, 0.3) is 0 Å². The highest BCUT2D eigenvalue weighted by atomic mass is 32.1.